The Labute approximate surface area is 90.5 Å². The Bertz CT molecular complexity index is 224. The number of nitrogens with zero attached hydrogens (tertiary/aromatic N) is 1. The van der Waals surface area contributed by atoms with Gasteiger partial charge in [0.2, 0.25) is 0 Å². The minimum atomic E-state index is -0.0144. The number of hydrogen-bond acceptors (Lipinski definition) is 4. The molecular weight excluding hydrogens is 194 g/mol. The summed E-state index contributed by atoms with van der Waals surface area (Å²) in [5.41, 5.74) is 0.287. The van der Waals surface area contributed by atoms with Gasteiger partial charge in [0.1, 0.15) is 0 Å². The van der Waals surface area contributed by atoms with Gasteiger partial charge in [-0.15, -0.1) is 0 Å². The van der Waals surface area contributed by atoms with Crippen LogP contribution in [0, 0.1) is 5.41 Å². The third kappa shape index (κ3) is 1.80. The molecule has 1 spiro atoms. The normalized spacial score (nSPS) is 37.0. The van der Waals surface area contributed by atoms with Crippen LogP contribution in [0.1, 0.15) is 13.3 Å². The van der Waals surface area contributed by atoms with Crippen molar-refractivity contribution in [2.24, 2.45) is 5.41 Å². The molecule has 0 aliphatic carbocycles. The molecule has 0 amide bonds. The Balaban J connectivity index is 1.51. The molecule has 0 radical (unpaired) electrons. The number of ether oxygens (including phenoxy) is 3. The van der Waals surface area contributed by atoms with Crippen molar-refractivity contribution in [3.05, 3.63) is 0 Å². The van der Waals surface area contributed by atoms with Crippen LogP contribution in [0.5, 0.6) is 0 Å². The van der Waals surface area contributed by atoms with Crippen LogP contribution in [0.2, 0.25) is 0 Å². The lowest BCUT2D eigenvalue weighted by Crippen LogP contribution is -2.65. The van der Waals surface area contributed by atoms with E-state index in [1.54, 1.807) is 0 Å². The molecule has 3 aliphatic rings. The largest absolute Gasteiger partial charge is 0.380 e. The van der Waals surface area contributed by atoms with Gasteiger partial charge < -0.3 is 14.2 Å². The van der Waals surface area contributed by atoms with Crippen molar-refractivity contribution in [3.8, 4) is 0 Å². The highest BCUT2D eigenvalue weighted by atomic mass is 16.7. The molecule has 3 rings (SSSR count). The fourth-order valence-corrected chi connectivity index (χ4v) is 2.74. The van der Waals surface area contributed by atoms with Crippen molar-refractivity contribution in [1.82, 2.24) is 4.90 Å². The summed E-state index contributed by atoms with van der Waals surface area (Å²) < 4.78 is 16.5. The Morgan fingerprint density at radius 1 is 1.20 bits per heavy atom. The summed E-state index contributed by atoms with van der Waals surface area (Å²) in [5.74, 6) is 0. The monoisotopic (exact) mass is 213 g/mol. The highest BCUT2D eigenvalue weighted by molar-refractivity contribution is 4.99. The SMILES string of the molecule is CC1OCC2(CO1)CN(C1CCOC1)C2. The van der Waals surface area contributed by atoms with Gasteiger partial charge in [0, 0.05) is 31.2 Å². The summed E-state index contributed by atoms with van der Waals surface area (Å²) in [6, 6.07) is 0.648. The van der Waals surface area contributed by atoms with Crippen LogP contribution in [-0.2, 0) is 14.2 Å². The molecule has 0 aromatic carbocycles. The molecule has 0 saturated carbocycles. The first-order chi connectivity index (χ1) is 7.27. The molecule has 1 atom stereocenters. The molecule has 0 bridgehead atoms. The van der Waals surface area contributed by atoms with Gasteiger partial charge in [-0.2, -0.15) is 0 Å². The van der Waals surface area contributed by atoms with E-state index >= 15 is 0 Å². The molecule has 0 aromatic rings. The third-order valence-electron chi connectivity index (χ3n) is 3.75. The van der Waals surface area contributed by atoms with Crippen LogP contribution in [0.3, 0.4) is 0 Å². The summed E-state index contributed by atoms with van der Waals surface area (Å²) in [6.07, 6.45) is 1.17. The zero-order valence-corrected chi connectivity index (χ0v) is 9.28. The minimum absolute atomic E-state index is 0.0144. The number of rotatable bonds is 1. The molecule has 3 aliphatic heterocycles. The Kier molecular flexibility index (Phi) is 2.47. The molecule has 3 heterocycles. The molecule has 0 aromatic heterocycles. The van der Waals surface area contributed by atoms with Crippen molar-refractivity contribution in [1.29, 1.82) is 0 Å². The number of likely N-dealkylation sites (tertiary alicyclic amines) is 1. The fourth-order valence-electron chi connectivity index (χ4n) is 2.74. The lowest BCUT2D eigenvalue weighted by atomic mass is 9.79. The molecule has 15 heavy (non-hydrogen) atoms. The maximum absolute atomic E-state index is 5.57. The zero-order chi connectivity index (χ0) is 10.3. The third-order valence-corrected chi connectivity index (χ3v) is 3.75. The van der Waals surface area contributed by atoms with Crippen molar-refractivity contribution < 1.29 is 14.2 Å². The van der Waals surface area contributed by atoms with Crippen molar-refractivity contribution >= 4 is 0 Å². The predicted molar refractivity (Wildman–Crippen MR) is 54.6 cm³/mol. The molecule has 0 N–H and O–H groups in total. The lowest BCUT2D eigenvalue weighted by molar-refractivity contribution is -0.254. The highest BCUT2D eigenvalue weighted by Crippen LogP contribution is 2.37. The van der Waals surface area contributed by atoms with Gasteiger partial charge in [0.25, 0.3) is 0 Å². The average molecular weight is 213 g/mol. The Morgan fingerprint density at radius 2 is 1.93 bits per heavy atom. The number of hydrogen-bond donors (Lipinski definition) is 0. The van der Waals surface area contributed by atoms with E-state index < -0.39 is 0 Å². The van der Waals surface area contributed by atoms with Gasteiger partial charge in [0.05, 0.1) is 19.8 Å². The molecule has 86 valence electrons. The van der Waals surface area contributed by atoms with E-state index in [-0.39, 0.29) is 11.7 Å². The van der Waals surface area contributed by atoms with E-state index in [0.717, 1.165) is 39.5 Å². The second-order valence-electron chi connectivity index (χ2n) is 5.11. The van der Waals surface area contributed by atoms with E-state index in [1.165, 1.54) is 6.42 Å². The summed E-state index contributed by atoms with van der Waals surface area (Å²) in [7, 11) is 0. The molecular formula is C11H19NO3. The maximum Gasteiger partial charge on any atom is 0.154 e. The fraction of sp³-hybridized carbons (Fsp3) is 1.00. The van der Waals surface area contributed by atoms with E-state index in [0.29, 0.717) is 6.04 Å². The van der Waals surface area contributed by atoms with Crippen LogP contribution in [0.15, 0.2) is 0 Å². The van der Waals surface area contributed by atoms with E-state index in [9.17, 15) is 0 Å². The minimum Gasteiger partial charge on any atom is -0.380 e. The van der Waals surface area contributed by atoms with Gasteiger partial charge in [-0.25, -0.2) is 0 Å². The lowest BCUT2D eigenvalue weighted by Gasteiger charge is -2.54. The van der Waals surface area contributed by atoms with Gasteiger partial charge in [-0.3, -0.25) is 4.90 Å². The Hall–Kier alpha value is -0.160. The standard InChI is InChI=1S/C11H19NO3/c1-9-14-7-11(8-15-9)5-12(6-11)10-2-3-13-4-10/h9-10H,2-8H2,1H3. The second-order valence-corrected chi connectivity index (χ2v) is 5.11. The summed E-state index contributed by atoms with van der Waals surface area (Å²) in [6.45, 7) is 7.76. The van der Waals surface area contributed by atoms with E-state index in [1.807, 2.05) is 6.92 Å². The van der Waals surface area contributed by atoms with Gasteiger partial charge in [-0.05, 0) is 13.3 Å². The highest BCUT2D eigenvalue weighted by Gasteiger charge is 2.48. The van der Waals surface area contributed by atoms with Crippen LogP contribution in [0.25, 0.3) is 0 Å². The zero-order valence-electron chi connectivity index (χ0n) is 9.28. The van der Waals surface area contributed by atoms with Gasteiger partial charge >= 0.3 is 0 Å². The van der Waals surface area contributed by atoms with Crippen LogP contribution < -0.4 is 0 Å². The summed E-state index contributed by atoms with van der Waals surface area (Å²) >= 11 is 0. The average Bonchev–Trinajstić information content (AvgIpc) is 2.69. The second kappa shape index (κ2) is 3.70. The van der Waals surface area contributed by atoms with E-state index in [4.69, 9.17) is 14.2 Å². The molecule has 3 fully saturated rings. The molecule has 3 saturated heterocycles. The summed E-state index contributed by atoms with van der Waals surface area (Å²) in [5, 5.41) is 0. The first kappa shape index (κ1) is 10.0. The van der Waals surface area contributed by atoms with E-state index in [2.05, 4.69) is 4.90 Å². The first-order valence-corrected chi connectivity index (χ1v) is 5.82. The molecule has 1 unspecified atom stereocenters. The topological polar surface area (TPSA) is 30.9 Å². The van der Waals surface area contributed by atoms with Crippen molar-refractivity contribution in [2.45, 2.75) is 25.7 Å². The van der Waals surface area contributed by atoms with Gasteiger partial charge in [0.15, 0.2) is 6.29 Å². The van der Waals surface area contributed by atoms with Gasteiger partial charge in [-0.1, -0.05) is 0 Å². The quantitative estimate of drug-likeness (QED) is 0.633. The predicted octanol–water partition coefficient (Wildman–Crippen LogP) is 0.470. The first-order valence-electron chi connectivity index (χ1n) is 5.82. The molecule has 4 nitrogen and oxygen atoms in total. The molecule has 4 heteroatoms. The maximum atomic E-state index is 5.57. The summed E-state index contributed by atoms with van der Waals surface area (Å²) in [4.78, 5) is 2.51. The van der Waals surface area contributed by atoms with Crippen LogP contribution >= 0.6 is 0 Å². The smallest absolute Gasteiger partial charge is 0.154 e. The van der Waals surface area contributed by atoms with Crippen molar-refractivity contribution in [3.63, 3.8) is 0 Å². The van der Waals surface area contributed by atoms with Crippen LogP contribution in [-0.4, -0.2) is 56.7 Å². The Morgan fingerprint density at radius 3 is 2.53 bits per heavy atom. The van der Waals surface area contributed by atoms with Crippen molar-refractivity contribution in [2.75, 3.05) is 39.5 Å². The van der Waals surface area contributed by atoms with Crippen LogP contribution in [0.4, 0.5) is 0 Å².